The normalized spacial score (nSPS) is 15.1. The Hall–Kier alpha value is -2.72. The van der Waals surface area contributed by atoms with E-state index in [0.29, 0.717) is 11.3 Å². The number of hydrogen-bond donors (Lipinski definition) is 1. The fourth-order valence-corrected chi connectivity index (χ4v) is 3.48. The average molecular weight is 345 g/mol. The zero-order chi connectivity index (χ0) is 17.8. The van der Waals surface area contributed by atoms with E-state index in [2.05, 4.69) is 27.3 Å². The van der Waals surface area contributed by atoms with Gasteiger partial charge in [-0.3, -0.25) is 14.7 Å². The lowest BCUT2D eigenvalue weighted by molar-refractivity contribution is 0.102. The molecule has 4 rings (SSSR count). The number of anilines is 1. The van der Waals surface area contributed by atoms with Gasteiger partial charge in [-0.05, 0) is 55.8 Å². The maximum absolute atomic E-state index is 12.5. The fourth-order valence-electron chi connectivity index (χ4n) is 3.48. The minimum atomic E-state index is -0.105. The topological polar surface area (TPSA) is 45.2 Å². The van der Waals surface area contributed by atoms with Crippen molar-refractivity contribution < 1.29 is 4.79 Å². The molecule has 2 heterocycles. The average Bonchev–Trinajstić information content (AvgIpc) is 2.69. The summed E-state index contributed by atoms with van der Waals surface area (Å²) in [5.41, 5.74) is 3.56. The Morgan fingerprint density at radius 1 is 1.00 bits per heavy atom. The number of aromatic nitrogens is 1. The number of nitrogens with one attached hydrogen (secondary N) is 1. The van der Waals surface area contributed by atoms with Crippen LogP contribution in [-0.2, 0) is 6.54 Å². The molecule has 0 radical (unpaired) electrons. The minimum Gasteiger partial charge on any atom is -0.321 e. The van der Waals surface area contributed by atoms with Crippen molar-refractivity contribution >= 4 is 22.5 Å². The van der Waals surface area contributed by atoms with E-state index in [-0.39, 0.29) is 5.91 Å². The van der Waals surface area contributed by atoms with Gasteiger partial charge in [0.1, 0.15) is 0 Å². The molecule has 2 aromatic carbocycles. The van der Waals surface area contributed by atoms with Crippen molar-refractivity contribution in [2.75, 3.05) is 18.4 Å². The van der Waals surface area contributed by atoms with E-state index >= 15 is 0 Å². The van der Waals surface area contributed by atoms with Crippen molar-refractivity contribution in [3.8, 4) is 0 Å². The van der Waals surface area contributed by atoms with Crippen LogP contribution in [-0.4, -0.2) is 28.9 Å². The van der Waals surface area contributed by atoms with E-state index in [1.165, 1.54) is 37.9 Å². The Morgan fingerprint density at radius 3 is 2.58 bits per heavy atom. The third-order valence-electron chi connectivity index (χ3n) is 4.92. The summed E-state index contributed by atoms with van der Waals surface area (Å²) >= 11 is 0. The second kappa shape index (κ2) is 7.67. The van der Waals surface area contributed by atoms with Gasteiger partial charge in [0.15, 0.2) is 0 Å². The highest BCUT2D eigenvalue weighted by Gasteiger charge is 2.11. The molecule has 1 amide bonds. The smallest absolute Gasteiger partial charge is 0.255 e. The summed E-state index contributed by atoms with van der Waals surface area (Å²) in [7, 11) is 0. The summed E-state index contributed by atoms with van der Waals surface area (Å²) in [6.45, 7) is 3.32. The second-order valence-electron chi connectivity index (χ2n) is 6.90. The monoisotopic (exact) mass is 345 g/mol. The number of nitrogens with zero attached hydrogens (tertiary/aromatic N) is 2. The van der Waals surface area contributed by atoms with Crippen LogP contribution in [0.2, 0.25) is 0 Å². The van der Waals surface area contributed by atoms with Gasteiger partial charge in [0.25, 0.3) is 5.91 Å². The van der Waals surface area contributed by atoms with Gasteiger partial charge in [0.2, 0.25) is 0 Å². The first kappa shape index (κ1) is 16.7. The molecule has 0 spiro atoms. The number of carbonyl (C=O) groups excluding carboxylic acids is 1. The van der Waals surface area contributed by atoms with Crippen LogP contribution in [0, 0.1) is 0 Å². The number of hydrogen-bond acceptors (Lipinski definition) is 3. The van der Waals surface area contributed by atoms with Crippen LogP contribution < -0.4 is 5.32 Å². The number of amides is 1. The van der Waals surface area contributed by atoms with Crippen molar-refractivity contribution in [3.63, 3.8) is 0 Å². The molecule has 1 aromatic heterocycles. The van der Waals surface area contributed by atoms with Gasteiger partial charge < -0.3 is 5.32 Å². The van der Waals surface area contributed by atoms with Crippen LogP contribution >= 0.6 is 0 Å². The first-order valence-corrected chi connectivity index (χ1v) is 9.25. The van der Waals surface area contributed by atoms with Crippen LogP contribution in [0.3, 0.4) is 0 Å². The number of benzene rings is 2. The summed E-state index contributed by atoms with van der Waals surface area (Å²) < 4.78 is 0. The second-order valence-corrected chi connectivity index (χ2v) is 6.90. The van der Waals surface area contributed by atoms with Crippen LogP contribution in [0.1, 0.15) is 35.2 Å². The van der Waals surface area contributed by atoms with Crippen LogP contribution in [0.5, 0.6) is 0 Å². The first-order chi connectivity index (χ1) is 12.8. The molecule has 1 aliphatic rings. The zero-order valence-electron chi connectivity index (χ0n) is 14.8. The molecule has 1 N–H and O–H groups in total. The lowest BCUT2D eigenvalue weighted by Crippen LogP contribution is -2.29. The van der Waals surface area contributed by atoms with Gasteiger partial charge in [-0.2, -0.15) is 0 Å². The largest absolute Gasteiger partial charge is 0.321 e. The SMILES string of the molecule is O=C(Nc1cnc2ccccc2c1)c1ccc(CN2CCCCC2)cc1. The fraction of sp³-hybridized carbons (Fsp3) is 0.273. The minimum absolute atomic E-state index is 0.105. The Kier molecular flexibility index (Phi) is 4.93. The Bertz CT molecular complexity index is 899. The molecule has 4 nitrogen and oxygen atoms in total. The van der Waals surface area contributed by atoms with Crippen LogP contribution in [0.25, 0.3) is 10.9 Å². The first-order valence-electron chi connectivity index (χ1n) is 9.25. The van der Waals surface area contributed by atoms with E-state index in [9.17, 15) is 4.79 Å². The maximum Gasteiger partial charge on any atom is 0.255 e. The number of pyridine rings is 1. The molecule has 4 heteroatoms. The molecule has 1 aliphatic heterocycles. The number of piperidine rings is 1. The van der Waals surface area contributed by atoms with Crippen LogP contribution in [0.15, 0.2) is 60.8 Å². The number of carbonyl (C=O) groups is 1. The van der Waals surface area contributed by atoms with Crippen molar-refractivity contribution in [2.24, 2.45) is 0 Å². The highest BCUT2D eigenvalue weighted by Crippen LogP contribution is 2.18. The summed E-state index contributed by atoms with van der Waals surface area (Å²) in [6, 6.07) is 17.8. The molecule has 0 bridgehead atoms. The van der Waals surface area contributed by atoms with Crippen molar-refractivity contribution in [1.82, 2.24) is 9.88 Å². The molecule has 0 saturated carbocycles. The molecule has 26 heavy (non-hydrogen) atoms. The van der Waals surface area contributed by atoms with E-state index in [1.807, 2.05) is 42.5 Å². The van der Waals surface area contributed by atoms with Crippen molar-refractivity contribution in [2.45, 2.75) is 25.8 Å². The van der Waals surface area contributed by atoms with Gasteiger partial charge in [-0.1, -0.05) is 36.8 Å². The van der Waals surface area contributed by atoms with Crippen molar-refractivity contribution in [1.29, 1.82) is 0 Å². The number of para-hydroxylation sites is 1. The predicted molar refractivity (Wildman–Crippen MR) is 105 cm³/mol. The molecule has 3 aromatic rings. The van der Waals surface area contributed by atoms with Gasteiger partial charge in [0, 0.05) is 17.5 Å². The van der Waals surface area contributed by atoms with Crippen LogP contribution in [0.4, 0.5) is 5.69 Å². The highest BCUT2D eigenvalue weighted by molar-refractivity contribution is 6.04. The van der Waals surface area contributed by atoms with E-state index in [4.69, 9.17) is 0 Å². The molecule has 1 saturated heterocycles. The van der Waals surface area contributed by atoms with Gasteiger partial charge >= 0.3 is 0 Å². The summed E-state index contributed by atoms with van der Waals surface area (Å²) in [6.07, 6.45) is 5.63. The third-order valence-corrected chi connectivity index (χ3v) is 4.92. The highest BCUT2D eigenvalue weighted by atomic mass is 16.1. The van der Waals surface area contributed by atoms with E-state index in [0.717, 1.165) is 17.4 Å². The number of likely N-dealkylation sites (tertiary alicyclic amines) is 1. The van der Waals surface area contributed by atoms with E-state index in [1.54, 1.807) is 6.20 Å². The van der Waals surface area contributed by atoms with Crippen molar-refractivity contribution in [3.05, 3.63) is 71.9 Å². The Morgan fingerprint density at radius 2 is 1.77 bits per heavy atom. The quantitative estimate of drug-likeness (QED) is 0.759. The molecule has 0 atom stereocenters. The lowest BCUT2D eigenvalue weighted by Gasteiger charge is -2.26. The molecular formula is C22H23N3O. The molecule has 0 aliphatic carbocycles. The molecule has 132 valence electrons. The van der Waals surface area contributed by atoms with E-state index < -0.39 is 0 Å². The van der Waals surface area contributed by atoms with Gasteiger partial charge in [-0.15, -0.1) is 0 Å². The van der Waals surface area contributed by atoms with Gasteiger partial charge in [0.05, 0.1) is 17.4 Å². The predicted octanol–water partition coefficient (Wildman–Crippen LogP) is 4.47. The number of fused-ring (bicyclic) bond motifs is 1. The Labute approximate surface area is 153 Å². The maximum atomic E-state index is 12.5. The third kappa shape index (κ3) is 3.92. The Balaban J connectivity index is 1.42. The molecule has 0 unspecified atom stereocenters. The molecule has 1 fully saturated rings. The standard InChI is InChI=1S/C22H23N3O/c26-22(24-20-14-19-6-2-3-7-21(19)23-15-20)18-10-8-17(9-11-18)16-25-12-4-1-5-13-25/h2-3,6-11,14-15H,1,4-5,12-13,16H2,(H,24,26). The molecular weight excluding hydrogens is 322 g/mol. The summed E-state index contributed by atoms with van der Waals surface area (Å²) in [4.78, 5) is 19.4. The van der Waals surface area contributed by atoms with Gasteiger partial charge in [-0.25, -0.2) is 0 Å². The summed E-state index contributed by atoms with van der Waals surface area (Å²) in [5, 5.41) is 3.96. The number of rotatable bonds is 4. The zero-order valence-corrected chi connectivity index (χ0v) is 14.8. The lowest BCUT2D eigenvalue weighted by atomic mass is 10.1. The summed E-state index contributed by atoms with van der Waals surface area (Å²) in [5.74, 6) is -0.105.